The number of benzene rings is 2. The second-order valence-corrected chi connectivity index (χ2v) is 10.8. The Kier molecular flexibility index (Phi) is 9.25. The van der Waals surface area contributed by atoms with E-state index in [9.17, 15) is 9.90 Å². The lowest BCUT2D eigenvalue weighted by Gasteiger charge is -2.36. The third-order valence-electron chi connectivity index (χ3n) is 8.24. The first-order valence-electron chi connectivity index (χ1n) is 13.8. The molecule has 0 bridgehead atoms. The molecule has 4 nitrogen and oxygen atoms in total. The maximum Gasteiger partial charge on any atom is 0.333 e. The number of aliphatic hydroxyl groups excluding tert-OH is 1. The van der Waals surface area contributed by atoms with Crippen LogP contribution in [0.25, 0.3) is 11.1 Å². The lowest BCUT2D eigenvalue weighted by atomic mass is 9.70. The minimum Gasteiger partial charge on any atom is -0.491 e. The molecule has 2 aliphatic carbocycles. The summed E-state index contributed by atoms with van der Waals surface area (Å²) in [5, 5.41) is 9.17. The third-order valence-corrected chi connectivity index (χ3v) is 8.24. The molecule has 36 heavy (non-hydrogen) atoms. The predicted octanol–water partition coefficient (Wildman–Crippen LogP) is 7.51. The van der Waals surface area contributed by atoms with Gasteiger partial charge in [-0.15, -0.1) is 0 Å². The molecule has 4 heteroatoms. The first kappa shape index (κ1) is 26.5. The molecular formula is C32H42O4. The largest absolute Gasteiger partial charge is 0.491 e. The van der Waals surface area contributed by atoms with E-state index in [4.69, 9.17) is 9.47 Å². The van der Waals surface area contributed by atoms with Crippen LogP contribution in [0.15, 0.2) is 48.6 Å². The van der Waals surface area contributed by atoms with Crippen molar-refractivity contribution in [3.63, 3.8) is 0 Å². The van der Waals surface area contributed by atoms with Crippen molar-refractivity contribution in [1.29, 1.82) is 0 Å². The predicted molar refractivity (Wildman–Crippen MR) is 145 cm³/mol. The fourth-order valence-corrected chi connectivity index (χ4v) is 6.22. The quantitative estimate of drug-likeness (QED) is 0.292. The van der Waals surface area contributed by atoms with Crippen molar-refractivity contribution in [1.82, 2.24) is 0 Å². The van der Waals surface area contributed by atoms with Crippen LogP contribution in [0.5, 0.6) is 5.75 Å². The van der Waals surface area contributed by atoms with E-state index in [-0.39, 0.29) is 19.8 Å². The van der Waals surface area contributed by atoms with Gasteiger partial charge in [0.1, 0.15) is 19.0 Å². The highest BCUT2D eigenvalue weighted by atomic mass is 16.5. The van der Waals surface area contributed by atoms with E-state index >= 15 is 0 Å². The van der Waals surface area contributed by atoms with Crippen LogP contribution >= 0.6 is 0 Å². The van der Waals surface area contributed by atoms with Gasteiger partial charge < -0.3 is 14.6 Å². The Labute approximate surface area is 216 Å². The van der Waals surface area contributed by atoms with Crippen LogP contribution in [0.2, 0.25) is 0 Å². The Morgan fingerprint density at radius 1 is 0.972 bits per heavy atom. The van der Waals surface area contributed by atoms with Crippen LogP contribution in [0.4, 0.5) is 0 Å². The normalized spacial score (nSPS) is 20.6. The zero-order valence-corrected chi connectivity index (χ0v) is 22.1. The van der Waals surface area contributed by atoms with Crippen LogP contribution in [0.1, 0.15) is 87.3 Å². The maximum atomic E-state index is 11.9. The van der Waals surface area contributed by atoms with Crippen molar-refractivity contribution in [3.05, 3.63) is 65.2 Å². The molecule has 194 valence electrons. The van der Waals surface area contributed by atoms with Crippen molar-refractivity contribution in [3.8, 4) is 16.9 Å². The Hall–Kier alpha value is -2.59. The van der Waals surface area contributed by atoms with E-state index in [1.165, 1.54) is 74.5 Å². The topological polar surface area (TPSA) is 55.8 Å². The molecule has 2 aromatic rings. The minimum atomic E-state index is -0.424. The van der Waals surface area contributed by atoms with Gasteiger partial charge in [0.25, 0.3) is 0 Å². The number of hydrogen-bond acceptors (Lipinski definition) is 4. The number of aliphatic hydroxyl groups is 1. The second-order valence-electron chi connectivity index (χ2n) is 10.8. The van der Waals surface area contributed by atoms with Crippen molar-refractivity contribution < 1.29 is 19.4 Å². The third kappa shape index (κ3) is 6.59. The molecule has 0 radical (unpaired) electrons. The number of hydrogen-bond donors (Lipinski definition) is 1. The van der Waals surface area contributed by atoms with Crippen LogP contribution in [-0.2, 0) is 16.1 Å². The summed E-state index contributed by atoms with van der Waals surface area (Å²) in [5.74, 6) is 2.80. The van der Waals surface area contributed by atoms with Gasteiger partial charge in [0.15, 0.2) is 0 Å². The average Bonchev–Trinajstić information content (AvgIpc) is 2.91. The Morgan fingerprint density at radius 2 is 1.69 bits per heavy atom. The van der Waals surface area contributed by atoms with Gasteiger partial charge in [-0.25, -0.2) is 4.79 Å². The fraction of sp³-hybridized carbons (Fsp3) is 0.531. The minimum absolute atomic E-state index is 0.0735. The Morgan fingerprint density at radius 3 is 2.36 bits per heavy atom. The number of carbonyl (C=O) groups excluding carboxylic acids is 1. The summed E-state index contributed by atoms with van der Waals surface area (Å²) >= 11 is 0. The van der Waals surface area contributed by atoms with Gasteiger partial charge in [-0.2, -0.15) is 0 Å². The number of rotatable bonds is 9. The van der Waals surface area contributed by atoms with Crippen LogP contribution < -0.4 is 4.74 Å². The molecule has 0 atom stereocenters. The lowest BCUT2D eigenvalue weighted by Crippen LogP contribution is -2.23. The van der Waals surface area contributed by atoms with E-state index in [0.29, 0.717) is 17.2 Å². The van der Waals surface area contributed by atoms with Crippen molar-refractivity contribution in [2.45, 2.75) is 84.2 Å². The van der Waals surface area contributed by atoms with Gasteiger partial charge in [-0.05, 0) is 91.7 Å². The fourth-order valence-electron chi connectivity index (χ4n) is 6.22. The van der Waals surface area contributed by atoms with E-state index in [2.05, 4.69) is 31.7 Å². The van der Waals surface area contributed by atoms with Gasteiger partial charge in [0.2, 0.25) is 0 Å². The summed E-state index contributed by atoms with van der Waals surface area (Å²) in [4.78, 5) is 11.9. The van der Waals surface area contributed by atoms with Gasteiger partial charge in [-0.3, -0.25) is 0 Å². The molecule has 0 amide bonds. The Balaban J connectivity index is 1.46. The number of ether oxygens (including phenoxy) is 2. The monoisotopic (exact) mass is 490 g/mol. The molecule has 0 aliphatic heterocycles. The first-order chi connectivity index (χ1) is 17.5. The molecule has 0 spiro atoms. The summed E-state index contributed by atoms with van der Waals surface area (Å²) in [6, 6.07) is 12.9. The number of esters is 1. The highest BCUT2D eigenvalue weighted by molar-refractivity contribution is 5.87. The summed E-state index contributed by atoms with van der Waals surface area (Å²) in [7, 11) is 0. The number of aryl methyl sites for hydroxylation is 1. The lowest BCUT2D eigenvalue weighted by molar-refractivity contribution is -0.140. The standard InChI is InChI=1S/C32H42O4/c1-22(2)32(34)36-21-29-20-28(14-16-31(29)35-18-17-33)30-15-13-27(19-23(30)3)26-11-9-25(10-12-26)24-7-5-4-6-8-24/h13-16,19-20,24-26,33H,1,4-12,17-18,21H2,2-3H3. The van der Waals surface area contributed by atoms with Crippen LogP contribution in [-0.4, -0.2) is 24.3 Å². The highest BCUT2D eigenvalue weighted by Gasteiger charge is 2.29. The average molecular weight is 491 g/mol. The number of carbonyl (C=O) groups is 1. The zero-order valence-electron chi connectivity index (χ0n) is 22.1. The smallest absolute Gasteiger partial charge is 0.333 e. The summed E-state index contributed by atoms with van der Waals surface area (Å²) in [5.41, 5.74) is 6.12. The van der Waals surface area contributed by atoms with Crippen LogP contribution in [0, 0.1) is 18.8 Å². The molecule has 2 aromatic carbocycles. The van der Waals surface area contributed by atoms with Gasteiger partial charge in [0, 0.05) is 11.1 Å². The van der Waals surface area contributed by atoms with Gasteiger partial charge in [0.05, 0.1) is 6.61 Å². The second kappa shape index (κ2) is 12.6. The molecular weight excluding hydrogens is 448 g/mol. The van der Waals surface area contributed by atoms with E-state index in [1.54, 1.807) is 6.92 Å². The first-order valence-corrected chi connectivity index (χ1v) is 13.8. The van der Waals surface area contributed by atoms with Crippen LogP contribution in [0.3, 0.4) is 0 Å². The SMILES string of the molecule is C=C(C)C(=O)OCc1cc(-c2ccc(C3CCC(C4CCCCC4)CC3)cc2C)ccc1OCCO. The summed E-state index contributed by atoms with van der Waals surface area (Å²) in [6.45, 7) is 7.69. The molecule has 1 N–H and O–H groups in total. The van der Waals surface area contributed by atoms with Crippen molar-refractivity contribution >= 4 is 5.97 Å². The van der Waals surface area contributed by atoms with E-state index in [0.717, 1.165) is 23.0 Å². The van der Waals surface area contributed by atoms with Crippen molar-refractivity contribution in [2.24, 2.45) is 11.8 Å². The molecule has 2 fully saturated rings. The summed E-state index contributed by atoms with van der Waals surface area (Å²) < 4.78 is 11.1. The molecule has 0 unspecified atom stereocenters. The van der Waals surface area contributed by atoms with E-state index in [1.807, 2.05) is 18.2 Å². The molecule has 2 saturated carbocycles. The molecule has 0 heterocycles. The molecule has 4 rings (SSSR count). The molecule has 0 saturated heterocycles. The van der Waals surface area contributed by atoms with E-state index < -0.39 is 5.97 Å². The zero-order chi connectivity index (χ0) is 25.5. The maximum absolute atomic E-state index is 11.9. The van der Waals surface area contributed by atoms with Crippen molar-refractivity contribution in [2.75, 3.05) is 13.2 Å². The van der Waals surface area contributed by atoms with Gasteiger partial charge in [-0.1, -0.05) is 62.9 Å². The highest BCUT2D eigenvalue weighted by Crippen LogP contribution is 2.43. The summed E-state index contributed by atoms with van der Waals surface area (Å²) in [6.07, 6.45) is 12.6. The van der Waals surface area contributed by atoms with Gasteiger partial charge >= 0.3 is 5.97 Å². The molecule has 0 aromatic heterocycles. The molecule has 2 aliphatic rings. The Bertz CT molecular complexity index is 1040.